The van der Waals surface area contributed by atoms with E-state index in [1.807, 2.05) is 6.92 Å². The van der Waals surface area contributed by atoms with E-state index < -0.39 is 11.5 Å². The van der Waals surface area contributed by atoms with Crippen LogP contribution in [0.4, 0.5) is 4.79 Å². The molecule has 1 aliphatic heterocycles. The van der Waals surface area contributed by atoms with Crippen molar-refractivity contribution in [2.24, 2.45) is 5.92 Å². The van der Waals surface area contributed by atoms with Gasteiger partial charge in [0.05, 0.1) is 0 Å². The van der Waals surface area contributed by atoms with E-state index in [4.69, 9.17) is 0 Å². The molecule has 0 aromatic rings. The van der Waals surface area contributed by atoms with Crippen molar-refractivity contribution in [1.29, 1.82) is 0 Å². The van der Waals surface area contributed by atoms with Crippen LogP contribution in [0.2, 0.25) is 0 Å². The summed E-state index contributed by atoms with van der Waals surface area (Å²) in [5.74, 6) is -0.560. The highest BCUT2D eigenvalue weighted by Gasteiger charge is 2.43. The molecule has 2 aliphatic rings. The summed E-state index contributed by atoms with van der Waals surface area (Å²) < 4.78 is 0. The average Bonchev–Trinajstić information content (AvgIpc) is 2.39. The molecule has 1 saturated carbocycles. The van der Waals surface area contributed by atoms with E-state index in [0.29, 0.717) is 31.8 Å². The van der Waals surface area contributed by atoms with Gasteiger partial charge in [0.25, 0.3) is 0 Å². The summed E-state index contributed by atoms with van der Waals surface area (Å²) in [6.07, 6.45) is 2.96. The number of carboxylic acid groups (broad SMARTS) is 1. The zero-order valence-corrected chi connectivity index (χ0v) is 11.4. The zero-order valence-electron chi connectivity index (χ0n) is 11.4. The lowest BCUT2D eigenvalue weighted by molar-refractivity contribution is -0.146. The van der Waals surface area contributed by atoms with Gasteiger partial charge in [0.2, 0.25) is 0 Å². The first-order valence-corrected chi connectivity index (χ1v) is 7.05. The number of urea groups is 1. The van der Waals surface area contributed by atoms with Crippen LogP contribution < -0.4 is 10.6 Å². The number of nitrogens with zero attached hydrogens (tertiary/aromatic N) is 1. The van der Waals surface area contributed by atoms with Gasteiger partial charge in [-0.3, -0.25) is 0 Å². The standard InChI is InChI=1S/C13H23N3O3/c1-10-3-2-4-13(9-10,11(17)18)15-12(19)16-7-5-14-6-8-16/h10,14H,2-9H2,1H3,(H,15,19)(H,17,18). The van der Waals surface area contributed by atoms with E-state index in [9.17, 15) is 14.7 Å². The monoisotopic (exact) mass is 269 g/mol. The second-order valence-electron chi connectivity index (χ2n) is 5.76. The molecule has 0 aromatic carbocycles. The normalized spacial score (nSPS) is 31.8. The number of piperazine rings is 1. The first-order valence-electron chi connectivity index (χ1n) is 7.05. The van der Waals surface area contributed by atoms with Crippen LogP contribution in [0.15, 0.2) is 0 Å². The largest absolute Gasteiger partial charge is 0.480 e. The zero-order chi connectivity index (χ0) is 13.9. The van der Waals surface area contributed by atoms with Crippen LogP contribution in [0, 0.1) is 5.92 Å². The molecule has 0 radical (unpaired) electrons. The summed E-state index contributed by atoms with van der Waals surface area (Å²) in [4.78, 5) is 25.5. The Morgan fingerprint density at radius 3 is 2.63 bits per heavy atom. The second-order valence-corrected chi connectivity index (χ2v) is 5.76. The third-order valence-corrected chi connectivity index (χ3v) is 4.16. The molecule has 2 amide bonds. The van der Waals surface area contributed by atoms with Crippen molar-refractivity contribution in [2.75, 3.05) is 26.2 Å². The van der Waals surface area contributed by atoms with Crippen LogP contribution in [-0.2, 0) is 4.79 Å². The fourth-order valence-electron chi connectivity index (χ4n) is 3.06. The highest BCUT2D eigenvalue weighted by atomic mass is 16.4. The lowest BCUT2D eigenvalue weighted by Gasteiger charge is -2.39. The molecule has 19 heavy (non-hydrogen) atoms. The van der Waals surface area contributed by atoms with E-state index >= 15 is 0 Å². The number of carboxylic acids is 1. The Kier molecular flexibility index (Phi) is 4.29. The lowest BCUT2D eigenvalue weighted by atomic mass is 9.76. The van der Waals surface area contributed by atoms with Gasteiger partial charge in [-0.1, -0.05) is 19.8 Å². The summed E-state index contributed by atoms with van der Waals surface area (Å²) in [7, 11) is 0. The Morgan fingerprint density at radius 1 is 1.37 bits per heavy atom. The minimum atomic E-state index is -1.07. The maximum Gasteiger partial charge on any atom is 0.329 e. The third kappa shape index (κ3) is 3.18. The molecule has 6 heteroatoms. The number of nitrogens with one attached hydrogen (secondary N) is 2. The first kappa shape index (κ1) is 14.1. The number of amides is 2. The highest BCUT2D eigenvalue weighted by Crippen LogP contribution is 2.32. The first-order chi connectivity index (χ1) is 9.03. The number of carbonyl (C=O) groups excluding carboxylic acids is 1. The minimum absolute atomic E-state index is 0.238. The molecule has 0 aromatic heterocycles. The average molecular weight is 269 g/mol. The van der Waals surface area contributed by atoms with E-state index in [1.165, 1.54) is 0 Å². The molecular formula is C13H23N3O3. The van der Waals surface area contributed by atoms with Crippen LogP contribution in [0.25, 0.3) is 0 Å². The van der Waals surface area contributed by atoms with E-state index in [1.54, 1.807) is 4.90 Å². The second kappa shape index (κ2) is 5.77. The highest BCUT2D eigenvalue weighted by molar-refractivity contribution is 5.86. The van der Waals surface area contributed by atoms with Crippen LogP contribution >= 0.6 is 0 Å². The van der Waals surface area contributed by atoms with Gasteiger partial charge in [0.15, 0.2) is 0 Å². The quantitative estimate of drug-likeness (QED) is 0.687. The van der Waals surface area contributed by atoms with Crippen LogP contribution in [-0.4, -0.2) is 53.7 Å². The molecule has 1 saturated heterocycles. The van der Waals surface area contributed by atoms with Crippen LogP contribution in [0.1, 0.15) is 32.6 Å². The summed E-state index contributed by atoms with van der Waals surface area (Å²) in [6, 6.07) is -0.238. The number of hydrogen-bond donors (Lipinski definition) is 3. The van der Waals surface area contributed by atoms with Crippen molar-refractivity contribution in [3.63, 3.8) is 0 Å². The van der Waals surface area contributed by atoms with Gasteiger partial charge in [-0.15, -0.1) is 0 Å². The van der Waals surface area contributed by atoms with Crippen molar-refractivity contribution >= 4 is 12.0 Å². The maximum absolute atomic E-state index is 12.2. The Morgan fingerprint density at radius 2 is 2.05 bits per heavy atom. The predicted molar refractivity (Wildman–Crippen MR) is 71.0 cm³/mol. The van der Waals surface area contributed by atoms with E-state index in [2.05, 4.69) is 10.6 Å². The van der Waals surface area contributed by atoms with Gasteiger partial charge >= 0.3 is 12.0 Å². The molecule has 2 unspecified atom stereocenters. The van der Waals surface area contributed by atoms with Gasteiger partial charge in [-0.25, -0.2) is 9.59 Å². The molecule has 1 aliphatic carbocycles. The maximum atomic E-state index is 12.2. The molecule has 0 bridgehead atoms. The lowest BCUT2D eigenvalue weighted by Crippen LogP contribution is -2.61. The summed E-state index contributed by atoms with van der Waals surface area (Å²) in [6.45, 7) is 4.86. The van der Waals surface area contributed by atoms with Crippen molar-refractivity contribution in [3.05, 3.63) is 0 Å². The fraction of sp³-hybridized carbons (Fsp3) is 0.846. The molecule has 3 N–H and O–H groups in total. The molecule has 2 rings (SSSR count). The summed E-state index contributed by atoms with van der Waals surface area (Å²) >= 11 is 0. The number of carbonyl (C=O) groups is 2. The number of hydrogen-bond acceptors (Lipinski definition) is 3. The molecule has 108 valence electrons. The Bertz CT molecular complexity index is 355. The van der Waals surface area contributed by atoms with Gasteiger partial charge in [-0.05, 0) is 18.8 Å². The number of rotatable bonds is 2. The Hall–Kier alpha value is -1.30. The van der Waals surface area contributed by atoms with Gasteiger partial charge < -0.3 is 20.6 Å². The Balaban J connectivity index is 2.03. The van der Waals surface area contributed by atoms with E-state index in [0.717, 1.165) is 25.9 Å². The summed E-state index contributed by atoms with van der Waals surface area (Å²) in [5, 5.41) is 15.5. The molecule has 2 fully saturated rings. The molecule has 2 atom stereocenters. The molecular weight excluding hydrogens is 246 g/mol. The van der Waals surface area contributed by atoms with Gasteiger partial charge in [0, 0.05) is 26.2 Å². The van der Waals surface area contributed by atoms with Crippen LogP contribution in [0.5, 0.6) is 0 Å². The molecule has 0 spiro atoms. The summed E-state index contributed by atoms with van der Waals surface area (Å²) in [5.41, 5.74) is -1.07. The van der Waals surface area contributed by atoms with E-state index in [-0.39, 0.29) is 6.03 Å². The minimum Gasteiger partial charge on any atom is -0.480 e. The van der Waals surface area contributed by atoms with Crippen LogP contribution in [0.3, 0.4) is 0 Å². The topological polar surface area (TPSA) is 81.7 Å². The molecule has 1 heterocycles. The molecule has 6 nitrogen and oxygen atoms in total. The van der Waals surface area contributed by atoms with Crippen molar-refractivity contribution in [1.82, 2.24) is 15.5 Å². The van der Waals surface area contributed by atoms with Gasteiger partial charge in [-0.2, -0.15) is 0 Å². The third-order valence-electron chi connectivity index (χ3n) is 4.16. The van der Waals surface area contributed by atoms with Crippen molar-refractivity contribution < 1.29 is 14.7 Å². The SMILES string of the molecule is CC1CCCC(NC(=O)N2CCNCC2)(C(=O)O)C1. The van der Waals surface area contributed by atoms with Crippen molar-refractivity contribution in [3.8, 4) is 0 Å². The Labute approximate surface area is 113 Å². The fourth-order valence-corrected chi connectivity index (χ4v) is 3.06. The predicted octanol–water partition coefficient (Wildman–Crippen LogP) is 0.635. The smallest absolute Gasteiger partial charge is 0.329 e. The van der Waals surface area contributed by atoms with Gasteiger partial charge in [0.1, 0.15) is 5.54 Å². The number of aliphatic carboxylic acids is 1. The van der Waals surface area contributed by atoms with Crippen molar-refractivity contribution in [2.45, 2.75) is 38.1 Å².